The molecule has 0 amide bonds. The highest BCUT2D eigenvalue weighted by molar-refractivity contribution is 6.31. The predicted octanol–water partition coefficient (Wildman–Crippen LogP) is 3.69. The number of aromatic nitrogens is 1. The van der Waals surface area contributed by atoms with Crippen LogP contribution < -0.4 is 5.32 Å². The van der Waals surface area contributed by atoms with Crippen molar-refractivity contribution < 1.29 is 13.9 Å². The van der Waals surface area contributed by atoms with Crippen molar-refractivity contribution in [1.29, 1.82) is 0 Å². The molecule has 0 aliphatic heterocycles. The Balaban J connectivity index is 1.92. The molecular weight excluding hydrogens is 295 g/mol. The molecule has 2 aromatic carbocycles. The van der Waals surface area contributed by atoms with Crippen molar-refractivity contribution in [3.8, 4) is 11.5 Å². The second-order valence-corrected chi connectivity index (χ2v) is 4.89. The second-order valence-electron chi connectivity index (χ2n) is 4.48. The van der Waals surface area contributed by atoms with Crippen molar-refractivity contribution in [2.24, 2.45) is 0 Å². The Bertz CT molecular complexity index is 732. The zero-order chi connectivity index (χ0) is 14.8. The van der Waals surface area contributed by atoms with Crippen LogP contribution >= 0.6 is 11.6 Å². The number of rotatable bonds is 4. The average molecular weight is 307 g/mol. The van der Waals surface area contributed by atoms with Gasteiger partial charge in [0, 0.05) is 23.9 Å². The summed E-state index contributed by atoms with van der Waals surface area (Å²) in [6.07, 6.45) is 0. The number of benzene rings is 2. The quantitative estimate of drug-likeness (QED) is 0.772. The summed E-state index contributed by atoms with van der Waals surface area (Å²) < 4.78 is 18.9. The van der Waals surface area contributed by atoms with Crippen LogP contribution in [0.3, 0.4) is 0 Å². The van der Waals surface area contributed by atoms with E-state index in [1.807, 2.05) is 24.3 Å². The van der Waals surface area contributed by atoms with E-state index in [-0.39, 0.29) is 11.6 Å². The molecule has 0 saturated carbocycles. The normalized spacial score (nSPS) is 11.0. The maximum Gasteiger partial charge on any atom is 0.227 e. The summed E-state index contributed by atoms with van der Waals surface area (Å²) in [6.45, 7) is 0.555. The average Bonchev–Trinajstić information content (AvgIpc) is 2.89. The number of nitrogens with zero attached hydrogens (tertiary/aromatic N) is 1. The van der Waals surface area contributed by atoms with E-state index >= 15 is 0 Å². The molecule has 0 aliphatic carbocycles. The molecule has 3 rings (SSSR count). The van der Waals surface area contributed by atoms with Crippen LogP contribution in [0.5, 0.6) is 0 Å². The van der Waals surface area contributed by atoms with E-state index in [4.69, 9.17) is 21.1 Å². The zero-order valence-corrected chi connectivity index (χ0v) is 11.7. The van der Waals surface area contributed by atoms with E-state index in [0.717, 1.165) is 11.3 Å². The first-order valence-corrected chi connectivity index (χ1v) is 6.76. The van der Waals surface area contributed by atoms with Gasteiger partial charge in [0.1, 0.15) is 11.3 Å². The lowest BCUT2D eigenvalue weighted by atomic mass is 10.2. The molecule has 3 aromatic rings. The minimum Gasteiger partial charge on any atom is -0.436 e. The molecule has 6 heteroatoms. The lowest BCUT2D eigenvalue weighted by molar-refractivity contribution is 0.311. The van der Waals surface area contributed by atoms with E-state index in [1.54, 1.807) is 0 Å². The highest BCUT2D eigenvalue weighted by atomic mass is 35.5. The van der Waals surface area contributed by atoms with Crippen LogP contribution in [0.4, 0.5) is 10.1 Å². The molecule has 0 atom stereocenters. The molecule has 108 valence electrons. The number of aliphatic hydroxyl groups excluding tert-OH is 1. The Hall–Kier alpha value is -2.11. The molecule has 1 aromatic heterocycles. The lowest BCUT2D eigenvalue weighted by Gasteiger charge is -2.04. The van der Waals surface area contributed by atoms with E-state index in [9.17, 15) is 4.39 Å². The fourth-order valence-corrected chi connectivity index (χ4v) is 2.14. The topological polar surface area (TPSA) is 58.3 Å². The summed E-state index contributed by atoms with van der Waals surface area (Å²) in [7, 11) is 0. The zero-order valence-electron chi connectivity index (χ0n) is 10.9. The minimum absolute atomic E-state index is 0.0194. The number of hydrogen-bond acceptors (Lipinski definition) is 4. The third-order valence-electron chi connectivity index (χ3n) is 3.00. The number of hydrogen-bond donors (Lipinski definition) is 2. The highest BCUT2D eigenvalue weighted by Crippen LogP contribution is 2.28. The van der Waals surface area contributed by atoms with Gasteiger partial charge in [-0.3, -0.25) is 0 Å². The molecule has 2 N–H and O–H groups in total. The number of anilines is 1. The molecule has 1 heterocycles. The van der Waals surface area contributed by atoms with Gasteiger partial charge in [0.05, 0.1) is 11.6 Å². The van der Waals surface area contributed by atoms with Crippen molar-refractivity contribution >= 4 is 28.4 Å². The van der Waals surface area contributed by atoms with E-state index in [1.165, 1.54) is 12.1 Å². The van der Waals surface area contributed by atoms with Crippen LogP contribution in [0, 0.1) is 5.82 Å². The van der Waals surface area contributed by atoms with E-state index in [2.05, 4.69) is 10.3 Å². The summed E-state index contributed by atoms with van der Waals surface area (Å²) >= 11 is 5.73. The smallest absolute Gasteiger partial charge is 0.227 e. The number of halogens is 2. The largest absolute Gasteiger partial charge is 0.436 e. The molecule has 21 heavy (non-hydrogen) atoms. The number of oxazole rings is 1. The minimum atomic E-state index is -0.532. The Morgan fingerprint density at radius 3 is 2.71 bits per heavy atom. The van der Waals surface area contributed by atoms with Gasteiger partial charge in [-0.15, -0.1) is 0 Å². The highest BCUT2D eigenvalue weighted by Gasteiger charge is 2.11. The Morgan fingerprint density at radius 1 is 1.24 bits per heavy atom. The van der Waals surface area contributed by atoms with Gasteiger partial charge < -0.3 is 14.8 Å². The summed E-state index contributed by atoms with van der Waals surface area (Å²) in [5.41, 5.74) is 2.53. The van der Waals surface area contributed by atoms with Gasteiger partial charge in [0.2, 0.25) is 5.89 Å². The number of fused-ring (bicyclic) bond motifs is 1. The summed E-state index contributed by atoms with van der Waals surface area (Å²) in [6, 6.07) is 10.0. The molecule has 0 unspecified atom stereocenters. The first kappa shape index (κ1) is 13.9. The van der Waals surface area contributed by atoms with Gasteiger partial charge in [-0.05, 0) is 30.3 Å². The Kier molecular flexibility index (Phi) is 3.77. The SMILES string of the molecule is OCCNc1ccc(-c2nc3cc(Cl)c(F)cc3o2)cc1. The third-order valence-corrected chi connectivity index (χ3v) is 3.29. The first-order chi connectivity index (χ1) is 10.2. The van der Waals surface area contributed by atoms with Crippen molar-refractivity contribution in [1.82, 2.24) is 4.98 Å². The van der Waals surface area contributed by atoms with Crippen molar-refractivity contribution in [2.45, 2.75) is 0 Å². The van der Waals surface area contributed by atoms with Crippen molar-refractivity contribution in [3.05, 3.63) is 47.2 Å². The van der Waals surface area contributed by atoms with E-state index in [0.29, 0.717) is 23.5 Å². The lowest BCUT2D eigenvalue weighted by Crippen LogP contribution is -2.04. The first-order valence-electron chi connectivity index (χ1n) is 6.38. The number of nitrogens with one attached hydrogen (secondary N) is 1. The van der Waals surface area contributed by atoms with Gasteiger partial charge in [-0.25, -0.2) is 9.37 Å². The standard InChI is InChI=1S/C15H12ClFN2O2/c16-11-7-13-14(8-12(11)17)21-15(19-13)9-1-3-10(4-2-9)18-5-6-20/h1-4,7-8,18,20H,5-6H2. The van der Waals surface area contributed by atoms with Crippen LogP contribution in [-0.4, -0.2) is 23.2 Å². The second kappa shape index (κ2) is 5.71. The van der Waals surface area contributed by atoms with Crippen LogP contribution in [-0.2, 0) is 0 Å². The van der Waals surface area contributed by atoms with Crippen LogP contribution in [0.15, 0.2) is 40.8 Å². The Morgan fingerprint density at radius 2 is 2.00 bits per heavy atom. The van der Waals surface area contributed by atoms with Crippen molar-refractivity contribution in [2.75, 3.05) is 18.5 Å². The molecular formula is C15H12ClFN2O2. The molecule has 0 spiro atoms. The fraction of sp³-hybridized carbons (Fsp3) is 0.133. The monoisotopic (exact) mass is 306 g/mol. The summed E-state index contributed by atoms with van der Waals surface area (Å²) in [4.78, 5) is 4.30. The summed E-state index contributed by atoms with van der Waals surface area (Å²) in [5.74, 6) is -0.129. The molecule has 0 bridgehead atoms. The molecule has 0 fully saturated rings. The molecule has 0 aliphatic rings. The number of aliphatic hydroxyl groups is 1. The van der Waals surface area contributed by atoms with Crippen molar-refractivity contribution in [3.63, 3.8) is 0 Å². The van der Waals surface area contributed by atoms with E-state index < -0.39 is 5.82 Å². The molecule has 4 nitrogen and oxygen atoms in total. The maximum atomic E-state index is 13.4. The molecule has 0 radical (unpaired) electrons. The van der Waals surface area contributed by atoms with Crippen LogP contribution in [0.2, 0.25) is 5.02 Å². The molecule has 0 saturated heterocycles. The van der Waals surface area contributed by atoms with Gasteiger partial charge in [-0.2, -0.15) is 0 Å². The van der Waals surface area contributed by atoms with Crippen LogP contribution in [0.25, 0.3) is 22.6 Å². The summed E-state index contributed by atoms with van der Waals surface area (Å²) in [5, 5.41) is 11.8. The van der Waals surface area contributed by atoms with Gasteiger partial charge in [0.15, 0.2) is 5.58 Å². The van der Waals surface area contributed by atoms with Gasteiger partial charge in [0.25, 0.3) is 0 Å². The maximum absolute atomic E-state index is 13.4. The Labute approximate surface area is 125 Å². The predicted molar refractivity (Wildman–Crippen MR) is 80.0 cm³/mol. The fourth-order valence-electron chi connectivity index (χ4n) is 1.98. The third kappa shape index (κ3) is 2.84. The van der Waals surface area contributed by atoms with Gasteiger partial charge >= 0.3 is 0 Å². The van der Waals surface area contributed by atoms with Gasteiger partial charge in [-0.1, -0.05) is 11.6 Å². The van der Waals surface area contributed by atoms with Crippen LogP contribution in [0.1, 0.15) is 0 Å².